The van der Waals surface area contributed by atoms with Crippen molar-refractivity contribution in [3.05, 3.63) is 406 Å². The first-order valence-electron chi connectivity index (χ1n) is 37.8. The Kier molecular flexibility index (Phi) is 14.5. The van der Waals surface area contributed by atoms with Crippen molar-refractivity contribution in [3.63, 3.8) is 0 Å². The normalized spacial score (nSPS) is 12.8. The molecule has 22 rings (SSSR count). The summed E-state index contributed by atoms with van der Waals surface area (Å²) in [6.07, 6.45) is 0. The molecule has 0 fully saturated rings. The molecule has 4 aliphatic heterocycles. The maximum atomic E-state index is 2.61. The predicted octanol–water partition coefficient (Wildman–Crippen LogP) is 23.0. The van der Waals surface area contributed by atoms with Crippen molar-refractivity contribution in [2.75, 3.05) is 19.6 Å². The molecule has 5 nitrogen and oxygen atoms in total. The van der Waals surface area contributed by atoms with Gasteiger partial charge in [-0.05, 0) is 209 Å². The molecule has 4 aliphatic rings. The number of hydrogen-bond donors (Lipinski definition) is 0. The molecule has 0 radical (unpaired) electrons. The molecule has 1 aromatic heterocycles. The highest BCUT2D eigenvalue weighted by atomic mass is 15.2. The van der Waals surface area contributed by atoms with E-state index in [4.69, 9.17) is 0 Å². The van der Waals surface area contributed by atoms with Gasteiger partial charge in [-0.1, -0.05) is 297 Å². The number of rotatable bonds is 11. The molecule has 0 unspecified atom stereocenters. The van der Waals surface area contributed by atoms with E-state index >= 15 is 0 Å². The summed E-state index contributed by atoms with van der Waals surface area (Å²) in [7, 11) is 0. The average molecular weight is 1380 g/mol. The Bertz CT molecular complexity index is 6180. The Labute approximate surface area is 635 Å². The fraction of sp³-hybridized carbons (Fsp3) is 0. The van der Waals surface area contributed by atoms with E-state index in [1.807, 2.05) is 0 Å². The molecule has 17 aromatic carbocycles. The summed E-state index contributed by atoms with van der Waals surface area (Å²) in [5.41, 5.74) is 38.6. The SMILES string of the molecule is c1ccc(-c2ccc(N3c4ccc(-c5ccccc5)cc4B4c5cc6c7cc8c(cc7n(-c7ccccc7)c6cc5N(c5ccc(-c6ccccc6)cc5)c5cccc3c54)N(c3ccc(-c4ccccc4)cc3)c3cccc4c3B8c3cc(-c5ccccc5)ccc3N4c3ccc(-c4ccccc4)cc3)cc2)cc1. The second-order valence-electron chi connectivity index (χ2n) is 29.1. The van der Waals surface area contributed by atoms with Crippen molar-refractivity contribution >= 4 is 136 Å². The molecule has 0 amide bonds. The van der Waals surface area contributed by atoms with E-state index in [1.165, 1.54) is 110 Å². The molecule has 0 atom stereocenters. The molecule has 109 heavy (non-hydrogen) atoms. The van der Waals surface area contributed by atoms with Gasteiger partial charge >= 0.3 is 0 Å². The molecular formula is C102H67B2N5. The lowest BCUT2D eigenvalue weighted by atomic mass is 9.33. The van der Waals surface area contributed by atoms with Crippen LogP contribution in [0, 0.1) is 0 Å². The van der Waals surface area contributed by atoms with Gasteiger partial charge in [0.25, 0.3) is 13.4 Å². The molecule has 5 heterocycles. The van der Waals surface area contributed by atoms with E-state index in [9.17, 15) is 0 Å². The van der Waals surface area contributed by atoms with Crippen LogP contribution >= 0.6 is 0 Å². The lowest BCUT2D eigenvalue weighted by Gasteiger charge is -2.44. The number of para-hydroxylation sites is 1. The minimum atomic E-state index is -0.185. The fourth-order valence-corrected chi connectivity index (χ4v) is 18.2. The van der Waals surface area contributed by atoms with Gasteiger partial charge in [0.05, 0.1) is 11.0 Å². The summed E-state index contributed by atoms with van der Waals surface area (Å²) in [6.45, 7) is -0.371. The van der Waals surface area contributed by atoms with Gasteiger partial charge < -0.3 is 24.2 Å². The number of hydrogen-bond acceptors (Lipinski definition) is 4. The van der Waals surface area contributed by atoms with Crippen LogP contribution in [0.15, 0.2) is 406 Å². The summed E-state index contributed by atoms with van der Waals surface area (Å²) in [6, 6.07) is 152. The number of aromatic nitrogens is 1. The Balaban J connectivity index is 0.825. The van der Waals surface area contributed by atoms with Gasteiger partial charge in [-0.15, -0.1) is 0 Å². The summed E-state index contributed by atoms with van der Waals surface area (Å²) < 4.78 is 2.56. The summed E-state index contributed by atoms with van der Waals surface area (Å²) in [5, 5.41) is 2.37. The minimum absolute atomic E-state index is 0.185. The van der Waals surface area contributed by atoms with E-state index in [0.29, 0.717) is 0 Å². The van der Waals surface area contributed by atoms with Crippen LogP contribution in [0.3, 0.4) is 0 Å². The summed E-state index contributed by atoms with van der Waals surface area (Å²) in [4.78, 5) is 10.2. The third kappa shape index (κ3) is 10.1. The smallest absolute Gasteiger partial charge is 0.252 e. The zero-order valence-corrected chi connectivity index (χ0v) is 59.6. The van der Waals surface area contributed by atoms with Gasteiger partial charge in [-0.3, -0.25) is 0 Å². The first-order valence-corrected chi connectivity index (χ1v) is 37.8. The van der Waals surface area contributed by atoms with Gasteiger partial charge in [0.2, 0.25) is 0 Å². The minimum Gasteiger partial charge on any atom is -0.311 e. The van der Waals surface area contributed by atoms with Crippen molar-refractivity contribution in [3.8, 4) is 72.4 Å². The molecule has 0 aliphatic carbocycles. The summed E-state index contributed by atoms with van der Waals surface area (Å²) in [5.74, 6) is 0. The molecule has 0 saturated heterocycles. The molecule has 0 N–H and O–H groups in total. The zero-order valence-electron chi connectivity index (χ0n) is 59.6. The molecule has 7 heteroatoms. The molecule has 0 saturated carbocycles. The van der Waals surface area contributed by atoms with Crippen molar-refractivity contribution in [1.82, 2.24) is 4.57 Å². The number of anilines is 12. The van der Waals surface area contributed by atoms with Crippen LogP contribution in [0.25, 0.3) is 94.3 Å². The van der Waals surface area contributed by atoms with Crippen molar-refractivity contribution in [2.45, 2.75) is 0 Å². The zero-order chi connectivity index (χ0) is 71.6. The Hall–Kier alpha value is -14.1. The molecule has 0 spiro atoms. The predicted molar refractivity (Wildman–Crippen MR) is 461 cm³/mol. The van der Waals surface area contributed by atoms with Gasteiger partial charge in [-0.25, -0.2) is 0 Å². The number of nitrogens with zero attached hydrogens (tertiary/aromatic N) is 5. The van der Waals surface area contributed by atoms with Gasteiger partial charge in [-0.2, -0.15) is 0 Å². The maximum absolute atomic E-state index is 2.61. The molecule has 0 bridgehead atoms. The van der Waals surface area contributed by atoms with Crippen LogP contribution in [-0.2, 0) is 0 Å². The lowest BCUT2D eigenvalue weighted by molar-refractivity contribution is 1.17. The van der Waals surface area contributed by atoms with Gasteiger partial charge in [0.1, 0.15) is 0 Å². The second-order valence-corrected chi connectivity index (χ2v) is 29.1. The number of benzene rings is 17. The fourth-order valence-electron chi connectivity index (χ4n) is 18.2. The Morgan fingerprint density at radius 3 is 0.688 bits per heavy atom. The molecule has 506 valence electrons. The highest BCUT2D eigenvalue weighted by molar-refractivity contribution is 7.01. The topological polar surface area (TPSA) is 17.9 Å². The quantitative estimate of drug-likeness (QED) is 0.120. The van der Waals surface area contributed by atoms with Crippen molar-refractivity contribution in [1.29, 1.82) is 0 Å². The third-order valence-corrected chi connectivity index (χ3v) is 23.1. The van der Waals surface area contributed by atoms with E-state index in [0.717, 1.165) is 85.0 Å². The van der Waals surface area contributed by atoms with Crippen LogP contribution in [0.4, 0.5) is 68.2 Å². The first kappa shape index (κ1) is 62.3. The number of fused-ring (bicyclic) bond motifs is 11. The standard InChI is InChI=1S/C102H67B2N5/c1-8-24-68(25-9-1)74-42-52-81(53-43-74)105-91-60-50-78(72-32-16-5-17-33-72)62-87(91)103-89-64-85-86-65-90-100(67-98(86)109(80-36-20-7-21-37-80)97(85)66-99(89)107(95-40-22-38-93(105)101(95)103)83-56-46-76(47-57-83)70-28-12-3-13-29-70)108(84-58-48-77(49-59-84)71-30-14-4-15-31-71)96-41-23-39-94-102(96)104(90)88-63-79(73-34-18-6-19-35-73)51-61-92(88)106(94)82-54-44-75(45-55-82)69-26-10-2-11-27-69/h1-67H. The second kappa shape index (κ2) is 25.3. The highest BCUT2D eigenvalue weighted by Crippen LogP contribution is 2.51. The maximum Gasteiger partial charge on any atom is 0.252 e. The Morgan fingerprint density at radius 2 is 0.394 bits per heavy atom. The van der Waals surface area contributed by atoms with Crippen LogP contribution in [-0.4, -0.2) is 18.0 Å². The van der Waals surface area contributed by atoms with Gasteiger partial charge in [0.15, 0.2) is 0 Å². The van der Waals surface area contributed by atoms with Crippen LogP contribution < -0.4 is 52.4 Å². The lowest BCUT2D eigenvalue weighted by Crippen LogP contribution is -2.61. The third-order valence-electron chi connectivity index (χ3n) is 23.1. The highest BCUT2D eigenvalue weighted by Gasteiger charge is 2.47. The van der Waals surface area contributed by atoms with Crippen molar-refractivity contribution < 1.29 is 0 Å². The largest absolute Gasteiger partial charge is 0.311 e. The first-order chi connectivity index (χ1) is 54.1. The van der Waals surface area contributed by atoms with Gasteiger partial charge in [0, 0.05) is 84.7 Å². The Morgan fingerprint density at radius 1 is 0.156 bits per heavy atom. The molecule has 18 aromatic rings. The van der Waals surface area contributed by atoms with E-state index in [-0.39, 0.29) is 13.4 Å². The van der Waals surface area contributed by atoms with Crippen LogP contribution in [0.2, 0.25) is 0 Å². The van der Waals surface area contributed by atoms with Crippen molar-refractivity contribution in [2.24, 2.45) is 0 Å². The van der Waals surface area contributed by atoms with E-state index < -0.39 is 0 Å². The van der Waals surface area contributed by atoms with Crippen LogP contribution in [0.1, 0.15) is 0 Å². The van der Waals surface area contributed by atoms with Crippen LogP contribution in [0.5, 0.6) is 0 Å². The van der Waals surface area contributed by atoms with E-state index in [2.05, 4.69) is 431 Å². The monoisotopic (exact) mass is 1380 g/mol. The molecular weight excluding hydrogens is 1320 g/mol. The van der Waals surface area contributed by atoms with E-state index in [1.54, 1.807) is 0 Å². The average Bonchev–Trinajstić information content (AvgIpc) is 1.68. The summed E-state index contributed by atoms with van der Waals surface area (Å²) >= 11 is 0.